The average Bonchev–Trinajstić information content (AvgIpc) is 2.70. The topological polar surface area (TPSA) is 54.0 Å². The molecule has 2 heterocycles. The van der Waals surface area contributed by atoms with Crippen LogP contribution in [0.2, 0.25) is 0 Å². The number of nitrogens with zero attached hydrogens (tertiary/aromatic N) is 2. The van der Waals surface area contributed by atoms with Crippen LogP contribution in [0.3, 0.4) is 0 Å². The van der Waals surface area contributed by atoms with Gasteiger partial charge in [-0.05, 0) is 38.4 Å². The van der Waals surface area contributed by atoms with Crippen molar-refractivity contribution in [3.63, 3.8) is 0 Å². The van der Waals surface area contributed by atoms with E-state index in [1.165, 1.54) is 18.2 Å². The molecule has 0 spiro atoms. The number of amides is 2. The third-order valence-electron chi connectivity index (χ3n) is 5.21. The largest absolute Gasteiger partial charge is 0.379 e. The van der Waals surface area contributed by atoms with E-state index in [1.807, 2.05) is 11.8 Å². The van der Waals surface area contributed by atoms with Crippen molar-refractivity contribution in [2.45, 2.75) is 38.5 Å². The van der Waals surface area contributed by atoms with Crippen molar-refractivity contribution in [3.05, 3.63) is 35.4 Å². The summed E-state index contributed by atoms with van der Waals surface area (Å²) in [6, 6.07) is 3.77. The molecule has 156 valence electrons. The van der Waals surface area contributed by atoms with Crippen LogP contribution >= 0.6 is 0 Å². The maximum Gasteiger partial charge on any atom is 0.317 e. The molecule has 6 nitrogen and oxygen atoms in total. The summed E-state index contributed by atoms with van der Waals surface area (Å²) in [7, 11) is 0. The van der Waals surface area contributed by atoms with Crippen molar-refractivity contribution in [2.24, 2.45) is 0 Å². The monoisotopic (exact) mass is 397 g/mol. The Morgan fingerprint density at radius 3 is 2.82 bits per heavy atom. The lowest BCUT2D eigenvalue weighted by molar-refractivity contribution is -0.0570. The molecule has 0 bridgehead atoms. The normalized spacial score (nSPS) is 23.6. The average molecular weight is 397 g/mol. The van der Waals surface area contributed by atoms with Crippen LogP contribution < -0.4 is 5.32 Å². The van der Waals surface area contributed by atoms with Gasteiger partial charge in [0.25, 0.3) is 0 Å². The molecule has 0 aliphatic carbocycles. The van der Waals surface area contributed by atoms with Crippen molar-refractivity contribution in [2.75, 3.05) is 46.0 Å². The number of urea groups is 1. The summed E-state index contributed by atoms with van der Waals surface area (Å²) < 4.78 is 38.9. The minimum atomic E-state index is -0.528. The Kier molecular flexibility index (Phi) is 7.58. The Morgan fingerprint density at radius 1 is 1.29 bits per heavy atom. The number of carbonyl (C=O) groups is 1. The van der Waals surface area contributed by atoms with Crippen LogP contribution in [0.1, 0.15) is 25.3 Å². The predicted octanol–water partition coefficient (Wildman–Crippen LogP) is 2.38. The summed E-state index contributed by atoms with van der Waals surface area (Å²) in [6.45, 7) is 6.11. The minimum absolute atomic E-state index is 0.0377. The van der Waals surface area contributed by atoms with Crippen molar-refractivity contribution < 1.29 is 23.0 Å². The highest BCUT2D eigenvalue weighted by Gasteiger charge is 2.28. The van der Waals surface area contributed by atoms with Crippen LogP contribution in [0.15, 0.2) is 18.2 Å². The maximum atomic E-state index is 13.9. The molecule has 0 aromatic heterocycles. The molecule has 0 saturated carbocycles. The van der Waals surface area contributed by atoms with Crippen LogP contribution in [0.5, 0.6) is 0 Å². The smallest absolute Gasteiger partial charge is 0.317 e. The highest BCUT2D eigenvalue weighted by atomic mass is 19.1. The van der Waals surface area contributed by atoms with E-state index in [0.29, 0.717) is 39.5 Å². The van der Waals surface area contributed by atoms with E-state index in [-0.39, 0.29) is 30.3 Å². The fourth-order valence-corrected chi connectivity index (χ4v) is 3.74. The zero-order valence-electron chi connectivity index (χ0n) is 16.3. The van der Waals surface area contributed by atoms with Gasteiger partial charge in [0.05, 0.1) is 25.9 Å². The van der Waals surface area contributed by atoms with E-state index in [2.05, 4.69) is 5.32 Å². The number of carbonyl (C=O) groups excluding carboxylic acids is 1. The summed E-state index contributed by atoms with van der Waals surface area (Å²) >= 11 is 0. The molecule has 2 atom stereocenters. The van der Waals surface area contributed by atoms with E-state index in [9.17, 15) is 13.6 Å². The highest BCUT2D eigenvalue weighted by molar-refractivity contribution is 5.74. The molecule has 1 aromatic carbocycles. The molecular formula is C20H29F2N3O3. The van der Waals surface area contributed by atoms with Crippen molar-refractivity contribution >= 4 is 6.03 Å². The molecule has 28 heavy (non-hydrogen) atoms. The van der Waals surface area contributed by atoms with E-state index in [1.54, 1.807) is 4.90 Å². The number of halogens is 2. The first kappa shape index (κ1) is 21.0. The van der Waals surface area contributed by atoms with Gasteiger partial charge in [-0.15, -0.1) is 0 Å². The molecule has 0 radical (unpaired) electrons. The Labute approximate surface area is 164 Å². The second-order valence-electron chi connectivity index (χ2n) is 7.32. The lowest BCUT2D eigenvalue weighted by Crippen LogP contribution is -2.55. The molecule has 1 aromatic rings. The first-order chi connectivity index (χ1) is 13.6. The standard InChI is InChI=1S/C20H29F2N3O3/c1-2-27-14-16-12-25(9-10-28-16)20(26)23-15-5-4-8-24(11-15)13-17-18(21)6-3-7-19(17)22/h3,6-7,15-16H,2,4-5,8-14H2,1H3,(H,23,26). The van der Waals surface area contributed by atoms with E-state index in [0.717, 1.165) is 19.4 Å². The second-order valence-corrected chi connectivity index (χ2v) is 7.32. The summed E-state index contributed by atoms with van der Waals surface area (Å²) in [5.74, 6) is -1.06. The SMILES string of the molecule is CCOCC1CN(C(=O)NC2CCCN(Cc3c(F)cccc3F)C2)CCO1. The second kappa shape index (κ2) is 10.1. The third kappa shape index (κ3) is 5.62. The van der Waals surface area contributed by atoms with Gasteiger partial charge in [-0.1, -0.05) is 6.07 Å². The highest BCUT2D eigenvalue weighted by Crippen LogP contribution is 2.18. The van der Waals surface area contributed by atoms with Crippen LogP contribution in [-0.4, -0.2) is 74.0 Å². The lowest BCUT2D eigenvalue weighted by atomic mass is 10.0. The predicted molar refractivity (Wildman–Crippen MR) is 101 cm³/mol. The molecular weight excluding hydrogens is 368 g/mol. The molecule has 1 N–H and O–H groups in total. The first-order valence-corrected chi connectivity index (χ1v) is 9.96. The maximum absolute atomic E-state index is 13.9. The van der Waals surface area contributed by atoms with Gasteiger partial charge in [0.1, 0.15) is 11.6 Å². The summed E-state index contributed by atoms with van der Waals surface area (Å²) in [4.78, 5) is 16.4. The van der Waals surface area contributed by atoms with E-state index >= 15 is 0 Å². The van der Waals surface area contributed by atoms with Gasteiger partial charge >= 0.3 is 6.03 Å². The number of rotatable bonds is 6. The zero-order valence-corrected chi connectivity index (χ0v) is 16.3. The quantitative estimate of drug-likeness (QED) is 0.801. The van der Waals surface area contributed by atoms with Crippen molar-refractivity contribution in [1.29, 1.82) is 0 Å². The van der Waals surface area contributed by atoms with Crippen molar-refractivity contribution in [3.8, 4) is 0 Å². The van der Waals surface area contributed by atoms with Gasteiger partial charge in [-0.25, -0.2) is 13.6 Å². The first-order valence-electron chi connectivity index (χ1n) is 9.96. The number of hydrogen-bond donors (Lipinski definition) is 1. The number of ether oxygens (including phenoxy) is 2. The molecule has 2 aliphatic rings. The van der Waals surface area contributed by atoms with Crippen LogP contribution in [0.25, 0.3) is 0 Å². The van der Waals surface area contributed by atoms with E-state index < -0.39 is 11.6 Å². The number of nitrogens with one attached hydrogen (secondary N) is 1. The number of likely N-dealkylation sites (tertiary alicyclic amines) is 1. The number of morpholine rings is 1. The summed E-state index contributed by atoms with van der Waals surface area (Å²) in [5, 5.41) is 3.07. The molecule has 3 rings (SSSR count). The van der Waals surface area contributed by atoms with E-state index in [4.69, 9.17) is 9.47 Å². The summed E-state index contributed by atoms with van der Waals surface area (Å²) in [6.07, 6.45) is 1.62. The van der Waals surface area contributed by atoms with Crippen LogP contribution in [0, 0.1) is 11.6 Å². The lowest BCUT2D eigenvalue weighted by Gasteiger charge is -2.37. The molecule has 2 saturated heterocycles. The van der Waals surface area contributed by atoms with Gasteiger partial charge in [-0.3, -0.25) is 4.90 Å². The van der Waals surface area contributed by atoms with Gasteiger partial charge in [0.15, 0.2) is 0 Å². The van der Waals surface area contributed by atoms with Crippen LogP contribution in [-0.2, 0) is 16.0 Å². The Balaban J connectivity index is 1.51. The Bertz CT molecular complexity index is 641. The molecule has 2 fully saturated rings. The van der Waals surface area contributed by atoms with Gasteiger partial charge < -0.3 is 19.7 Å². The zero-order chi connectivity index (χ0) is 19.9. The van der Waals surface area contributed by atoms with Gasteiger partial charge in [0, 0.05) is 37.8 Å². The molecule has 8 heteroatoms. The number of hydrogen-bond acceptors (Lipinski definition) is 4. The minimum Gasteiger partial charge on any atom is -0.379 e. The number of benzene rings is 1. The third-order valence-corrected chi connectivity index (χ3v) is 5.21. The molecule has 2 unspecified atom stereocenters. The van der Waals surface area contributed by atoms with Gasteiger partial charge in [-0.2, -0.15) is 0 Å². The van der Waals surface area contributed by atoms with Gasteiger partial charge in [0.2, 0.25) is 0 Å². The summed E-state index contributed by atoms with van der Waals surface area (Å²) in [5.41, 5.74) is 0.0846. The van der Waals surface area contributed by atoms with Crippen molar-refractivity contribution in [1.82, 2.24) is 15.1 Å². The molecule has 2 amide bonds. The number of piperidine rings is 1. The van der Waals surface area contributed by atoms with Crippen LogP contribution in [0.4, 0.5) is 13.6 Å². The molecule has 2 aliphatic heterocycles. The fourth-order valence-electron chi connectivity index (χ4n) is 3.74. The Hall–Kier alpha value is -1.77. The Morgan fingerprint density at radius 2 is 2.07 bits per heavy atom. The fraction of sp³-hybridized carbons (Fsp3) is 0.650.